The molecule has 3 nitrogen and oxygen atoms in total. The van der Waals surface area contributed by atoms with Crippen LogP contribution in [-0.4, -0.2) is 37.0 Å². The first-order valence-electron chi connectivity index (χ1n) is 8.96. The second-order valence-electron chi connectivity index (χ2n) is 5.67. The number of para-hydroxylation sites is 1. The number of hydrogen-bond acceptors (Lipinski definition) is 2. The Hall–Kier alpha value is -2.29. The molecule has 1 heterocycles. The van der Waals surface area contributed by atoms with Gasteiger partial charge in [-0.15, -0.1) is 0 Å². The van der Waals surface area contributed by atoms with Crippen LogP contribution in [0.15, 0.2) is 54.6 Å². The summed E-state index contributed by atoms with van der Waals surface area (Å²) < 4.78 is 0. The van der Waals surface area contributed by atoms with Gasteiger partial charge < -0.3 is 9.80 Å². The van der Waals surface area contributed by atoms with Gasteiger partial charge in [-0.05, 0) is 36.2 Å². The zero-order chi connectivity index (χ0) is 17.4. The highest BCUT2D eigenvalue weighted by Gasteiger charge is 2.22. The Balaban J connectivity index is 0.00000100. The summed E-state index contributed by atoms with van der Waals surface area (Å²) in [6.07, 6.45) is 1.00. The van der Waals surface area contributed by atoms with Crippen LogP contribution < -0.4 is 4.90 Å². The zero-order valence-corrected chi connectivity index (χ0v) is 15.0. The lowest BCUT2D eigenvalue weighted by Gasteiger charge is -2.36. The average Bonchev–Trinajstić information content (AvgIpc) is 2.70. The van der Waals surface area contributed by atoms with E-state index in [1.165, 1.54) is 11.3 Å². The van der Waals surface area contributed by atoms with Crippen molar-refractivity contribution in [3.05, 3.63) is 65.7 Å². The third-order valence-electron chi connectivity index (χ3n) is 4.30. The van der Waals surface area contributed by atoms with Crippen molar-refractivity contribution in [2.24, 2.45) is 0 Å². The van der Waals surface area contributed by atoms with Gasteiger partial charge in [-0.1, -0.05) is 51.1 Å². The number of anilines is 1. The molecule has 0 bridgehead atoms. The van der Waals surface area contributed by atoms with Gasteiger partial charge >= 0.3 is 0 Å². The van der Waals surface area contributed by atoms with E-state index in [0.717, 1.165) is 38.2 Å². The van der Waals surface area contributed by atoms with Crippen molar-refractivity contribution < 1.29 is 4.79 Å². The topological polar surface area (TPSA) is 23.6 Å². The molecule has 24 heavy (non-hydrogen) atoms. The molecule has 128 valence electrons. The third-order valence-corrected chi connectivity index (χ3v) is 4.30. The zero-order valence-electron chi connectivity index (χ0n) is 15.0. The Labute approximate surface area is 145 Å². The van der Waals surface area contributed by atoms with Crippen LogP contribution in [0.25, 0.3) is 0 Å². The quantitative estimate of drug-likeness (QED) is 0.843. The van der Waals surface area contributed by atoms with Gasteiger partial charge in [-0.3, -0.25) is 4.79 Å². The van der Waals surface area contributed by atoms with E-state index in [2.05, 4.69) is 36.1 Å². The van der Waals surface area contributed by atoms with Crippen LogP contribution in [-0.2, 0) is 6.42 Å². The van der Waals surface area contributed by atoms with Gasteiger partial charge in [0.25, 0.3) is 5.91 Å². The number of nitrogens with zero attached hydrogens (tertiary/aromatic N) is 2. The molecular weight excluding hydrogens is 296 g/mol. The molecule has 0 spiro atoms. The summed E-state index contributed by atoms with van der Waals surface area (Å²) in [6, 6.07) is 18.4. The fraction of sp³-hybridized carbons (Fsp3) is 0.381. The molecule has 3 heteroatoms. The van der Waals surface area contributed by atoms with Gasteiger partial charge in [-0.2, -0.15) is 0 Å². The van der Waals surface area contributed by atoms with Gasteiger partial charge in [0.05, 0.1) is 0 Å². The lowest BCUT2D eigenvalue weighted by Crippen LogP contribution is -2.48. The molecule has 3 rings (SSSR count). The van der Waals surface area contributed by atoms with E-state index in [9.17, 15) is 4.79 Å². The molecule has 1 aliphatic heterocycles. The second-order valence-corrected chi connectivity index (χ2v) is 5.67. The molecule has 0 radical (unpaired) electrons. The lowest BCUT2D eigenvalue weighted by atomic mass is 10.1. The molecule has 1 saturated heterocycles. The van der Waals surface area contributed by atoms with Crippen molar-refractivity contribution >= 4 is 11.6 Å². The fourth-order valence-electron chi connectivity index (χ4n) is 2.87. The first-order chi connectivity index (χ1) is 11.8. The highest BCUT2D eigenvalue weighted by molar-refractivity contribution is 5.94. The van der Waals surface area contributed by atoms with E-state index in [0.29, 0.717) is 0 Å². The molecular formula is C21H28N2O. The van der Waals surface area contributed by atoms with E-state index in [1.54, 1.807) is 0 Å². The standard InChI is InChI=1S/C19H22N2O.C2H6/c1-2-16-8-10-17(11-9-16)19(22)21-14-12-20(13-15-21)18-6-4-3-5-7-18;1-2/h3-11H,2,12-15H2,1H3;1-2H3. The van der Waals surface area contributed by atoms with Crippen molar-refractivity contribution in [3.8, 4) is 0 Å². The third kappa shape index (κ3) is 4.38. The number of benzene rings is 2. The van der Waals surface area contributed by atoms with Gasteiger partial charge in [0.1, 0.15) is 0 Å². The van der Waals surface area contributed by atoms with Gasteiger partial charge in [0.2, 0.25) is 0 Å². The molecule has 2 aromatic carbocycles. The molecule has 0 unspecified atom stereocenters. The summed E-state index contributed by atoms with van der Waals surface area (Å²) in [5.74, 6) is 0.148. The summed E-state index contributed by atoms with van der Waals surface area (Å²) in [5.41, 5.74) is 3.30. The fourth-order valence-corrected chi connectivity index (χ4v) is 2.87. The van der Waals surface area contributed by atoms with Crippen molar-refractivity contribution in [3.63, 3.8) is 0 Å². The van der Waals surface area contributed by atoms with E-state index >= 15 is 0 Å². The number of aryl methyl sites for hydroxylation is 1. The predicted molar refractivity (Wildman–Crippen MR) is 102 cm³/mol. The Morgan fingerprint density at radius 3 is 2.00 bits per heavy atom. The number of rotatable bonds is 3. The minimum absolute atomic E-state index is 0.148. The summed E-state index contributed by atoms with van der Waals surface area (Å²) in [6.45, 7) is 9.47. The number of piperazine rings is 1. The minimum Gasteiger partial charge on any atom is -0.368 e. The van der Waals surface area contributed by atoms with Gasteiger partial charge in [0, 0.05) is 37.4 Å². The Morgan fingerprint density at radius 2 is 1.46 bits per heavy atom. The number of hydrogen-bond donors (Lipinski definition) is 0. The van der Waals surface area contributed by atoms with Crippen LogP contribution in [0.5, 0.6) is 0 Å². The normalized spacial score (nSPS) is 14.0. The molecule has 0 saturated carbocycles. The summed E-state index contributed by atoms with van der Waals surface area (Å²) in [5, 5.41) is 0. The first-order valence-corrected chi connectivity index (χ1v) is 8.96. The molecule has 0 aliphatic carbocycles. The summed E-state index contributed by atoms with van der Waals surface area (Å²) in [7, 11) is 0. The largest absolute Gasteiger partial charge is 0.368 e. The molecule has 0 N–H and O–H groups in total. The maximum absolute atomic E-state index is 12.5. The van der Waals surface area contributed by atoms with E-state index < -0.39 is 0 Å². The highest BCUT2D eigenvalue weighted by atomic mass is 16.2. The van der Waals surface area contributed by atoms with Crippen LogP contribution in [0.2, 0.25) is 0 Å². The monoisotopic (exact) mass is 324 g/mol. The predicted octanol–water partition coefficient (Wildman–Crippen LogP) is 4.24. The molecule has 1 amide bonds. The van der Waals surface area contributed by atoms with Crippen LogP contribution in [0.3, 0.4) is 0 Å². The number of carbonyl (C=O) groups excluding carboxylic acids is 1. The van der Waals surface area contributed by atoms with Crippen LogP contribution >= 0.6 is 0 Å². The Kier molecular flexibility index (Phi) is 6.86. The van der Waals surface area contributed by atoms with E-state index in [4.69, 9.17) is 0 Å². The maximum atomic E-state index is 12.5. The Morgan fingerprint density at radius 1 is 0.875 bits per heavy atom. The maximum Gasteiger partial charge on any atom is 0.253 e. The van der Waals surface area contributed by atoms with Gasteiger partial charge in [0.15, 0.2) is 0 Å². The number of amides is 1. The SMILES string of the molecule is CC.CCc1ccc(C(=O)N2CCN(c3ccccc3)CC2)cc1. The summed E-state index contributed by atoms with van der Waals surface area (Å²) >= 11 is 0. The highest BCUT2D eigenvalue weighted by Crippen LogP contribution is 2.17. The smallest absolute Gasteiger partial charge is 0.253 e. The molecule has 1 fully saturated rings. The minimum atomic E-state index is 0.148. The first kappa shape index (κ1) is 18.1. The molecule has 0 atom stereocenters. The molecule has 0 aromatic heterocycles. The molecule has 2 aromatic rings. The second kappa shape index (κ2) is 9.11. The van der Waals surface area contributed by atoms with Gasteiger partial charge in [-0.25, -0.2) is 0 Å². The van der Waals surface area contributed by atoms with Crippen LogP contribution in [0.4, 0.5) is 5.69 Å². The average molecular weight is 324 g/mol. The van der Waals surface area contributed by atoms with Crippen LogP contribution in [0, 0.1) is 0 Å². The molecule has 1 aliphatic rings. The van der Waals surface area contributed by atoms with Crippen molar-refractivity contribution in [2.75, 3.05) is 31.1 Å². The van der Waals surface area contributed by atoms with E-state index in [-0.39, 0.29) is 5.91 Å². The van der Waals surface area contributed by atoms with E-state index in [1.807, 2.05) is 49.1 Å². The van der Waals surface area contributed by atoms with Crippen molar-refractivity contribution in [1.29, 1.82) is 0 Å². The summed E-state index contributed by atoms with van der Waals surface area (Å²) in [4.78, 5) is 16.8. The Bertz CT molecular complexity index is 614. The van der Waals surface area contributed by atoms with Crippen molar-refractivity contribution in [2.45, 2.75) is 27.2 Å². The number of carbonyl (C=O) groups is 1. The van der Waals surface area contributed by atoms with Crippen LogP contribution in [0.1, 0.15) is 36.7 Å². The van der Waals surface area contributed by atoms with Crippen molar-refractivity contribution in [1.82, 2.24) is 4.90 Å². The lowest BCUT2D eigenvalue weighted by molar-refractivity contribution is 0.0747.